The summed E-state index contributed by atoms with van der Waals surface area (Å²) in [5, 5.41) is 13.0. The lowest BCUT2D eigenvalue weighted by Gasteiger charge is -2.38. The molecule has 0 bridgehead atoms. The van der Waals surface area contributed by atoms with Gasteiger partial charge in [0.25, 0.3) is 5.91 Å². The number of phenolic OH excluding ortho intramolecular Hbond substituents is 1. The fourth-order valence-corrected chi connectivity index (χ4v) is 3.28. The van der Waals surface area contributed by atoms with Gasteiger partial charge in [-0.3, -0.25) is 9.69 Å². The minimum atomic E-state index is -4.53. The molecule has 1 aliphatic rings. The maximum absolute atomic E-state index is 13.2. The van der Waals surface area contributed by atoms with Crippen molar-refractivity contribution < 1.29 is 23.1 Å². The number of halogens is 3. The summed E-state index contributed by atoms with van der Waals surface area (Å²) < 4.78 is 39.6. The Morgan fingerprint density at radius 2 is 1.68 bits per heavy atom. The van der Waals surface area contributed by atoms with Crippen LogP contribution in [0.15, 0.2) is 72.8 Å². The lowest BCUT2D eigenvalue weighted by molar-refractivity contribution is -0.137. The van der Waals surface area contributed by atoms with E-state index in [0.717, 1.165) is 12.1 Å². The third-order valence-corrected chi connectivity index (χ3v) is 4.56. The predicted octanol–water partition coefficient (Wildman–Crippen LogP) is 5.18. The molecule has 0 aromatic heterocycles. The molecule has 0 fully saturated rings. The summed E-state index contributed by atoms with van der Waals surface area (Å²) in [5.74, 6) is -0.434. The standard InChI is InChI=1S/C21H15F3N2O2/c22-21(23,24)14-6-4-7-15(12-14)26-19(13-5-3-8-16(27)11-13)25-18-10-2-1-9-17(18)20(26)28/h1-12,19,25,27H/t19-/m0/s1. The lowest BCUT2D eigenvalue weighted by atomic mass is 10.0. The number of benzene rings is 3. The van der Waals surface area contributed by atoms with E-state index >= 15 is 0 Å². The van der Waals surface area contributed by atoms with Crippen LogP contribution in [-0.2, 0) is 6.18 Å². The summed E-state index contributed by atoms with van der Waals surface area (Å²) in [7, 11) is 0. The second kappa shape index (κ2) is 6.60. The molecule has 4 nitrogen and oxygen atoms in total. The smallest absolute Gasteiger partial charge is 0.416 e. The molecule has 3 aromatic carbocycles. The van der Waals surface area contributed by atoms with Crippen LogP contribution in [0.2, 0.25) is 0 Å². The number of nitrogens with zero attached hydrogens (tertiary/aromatic N) is 1. The van der Waals surface area contributed by atoms with E-state index in [4.69, 9.17) is 0 Å². The Balaban J connectivity index is 1.87. The average Bonchev–Trinajstić information content (AvgIpc) is 2.67. The van der Waals surface area contributed by atoms with Gasteiger partial charge in [0.05, 0.1) is 11.1 Å². The molecular weight excluding hydrogens is 369 g/mol. The Kier molecular flexibility index (Phi) is 4.22. The van der Waals surface area contributed by atoms with Crippen molar-refractivity contribution in [1.82, 2.24) is 0 Å². The number of aromatic hydroxyl groups is 1. The van der Waals surface area contributed by atoms with E-state index in [0.29, 0.717) is 16.8 Å². The molecule has 0 saturated heterocycles. The van der Waals surface area contributed by atoms with Crippen LogP contribution in [-0.4, -0.2) is 11.0 Å². The van der Waals surface area contributed by atoms with Gasteiger partial charge < -0.3 is 10.4 Å². The molecule has 0 radical (unpaired) electrons. The molecule has 1 aliphatic heterocycles. The minimum Gasteiger partial charge on any atom is -0.508 e. The summed E-state index contributed by atoms with van der Waals surface area (Å²) in [6.45, 7) is 0. The van der Waals surface area contributed by atoms with Crippen molar-refractivity contribution in [3.63, 3.8) is 0 Å². The molecule has 7 heteroatoms. The lowest BCUT2D eigenvalue weighted by Crippen LogP contribution is -2.43. The van der Waals surface area contributed by atoms with Crippen molar-refractivity contribution in [2.75, 3.05) is 10.2 Å². The van der Waals surface area contributed by atoms with Gasteiger partial charge in [0.15, 0.2) is 0 Å². The molecule has 142 valence electrons. The molecule has 1 heterocycles. The number of carbonyl (C=O) groups excluding carboxylic acids is 1. The largest absolute Gasteiger partial charge is 0.508 e. The number of amides is 1. The van der Waals surface area contributed by atoms with E-state index in [1.807, 2.05) is 0 Å². The number of carbonyl (C=O) groups is 1. The first-order valence-corrected chi connectivity index (χ1v) is 8.50. The highest BCUT2D eigenvalue weighted by Crippen LogP contribution is 2.39. The van der Waals surface area contributed by atoms with Gasteiger partial charge in [0.2, 0.25) is 0 Å². The minimum absolute atomic E-state index is 0.00500. The number of nitrogens with one attached hydrogen (secondary N) is 1. The molecule has 0 spiro atoms. The average molecular weight is 384 g/mol. The Hall–Kier alpha value is -3.48. The van der Waals surface area contributed by atoms with E-state index in [-0.39, 0.29) is 11.4 Å². The van der Waals surface area contributed by atoms with Gasteiger partial charge in [-0.15, -0.1) is 0 Å². The fourth-order valence-electron chi connectivity index (χ4n) is 3.28. The number of phenols is 1. The van der Waals surface area contributed by atoms with Crippen LogP contribution in [0.4, 0.5) is 24.5 Å². The Morgan fingerprint density at radius 1 is 0.929 bits per heavy atom. The topological polar surface area (TPSA) is 52.6 Å². The van der Waals surface area contributed by atoms with E-state index in [9.17, 15) is 23.1 Å². The van der Waals surface area contributed by atoms with Gasteiger partial charge in [-0.2, -0.15) is 13.2 Å². The third kappa shape index (κ3) is 3.15. The SMILES string of the molecule is O=C1c2ccccc2N[C@H](c2cccc(O)c2)N1c1cccc(C(F)(F)F)c1. The van der Waals surface area contributed by atoms with Crippen LogP contribution in [0, 0.1) is 0 Å². The maximum Gasteiger partial charge on any atom is 0.416 e. The number of hydrogen-bond acceptors (Lipinski definition) is 3. The number of alkyl halides is 3. The highest BCUT2D eigenvalue weighted by molar-refractivity contribution is 6.12. The molecule has 3 aromatic rings. The first kappa shape index (κ1) is 17.9. The van der Waals surface area contributed by atoms with E-state index in [2.05, 4.69) is 5.32 Å². The zero-order valence-electron chi connectivity index (χ0n) is 14.4. The molecule has 2 N–H and O–H groups in total. The monoisotopic (exact) mass is 384 g/mol. The Bertz CT molecular complexity index is 1050. The number of para-hydroxylation sites is 1. The van der Waals surface area contributed by atoms with Gasteiger partial charge in [-0.25, -0.2) is 0 Å². The van der Waals surface area contributed by atoms with Crippen LogP contribution >= 0.6 is 0 Å². The van der Waals surface area contributed by atoms with Crippen molar-refractivity contribution in [2.24, 2.45) is 0 Å². The van der Waals surface area contributed by atoms with Crippen LogP contribution in [0.25, 0.3) is 0 Å². The highest BCUT2D eigenvalue weighted by atomic mass is 19.4. The van der Waals surface area contributed by atoms with E-state index in [1.165, 1.54) is 29.2 Å². The second-order valence-electron chi connectivity index (χ2n) is 6.41. The first-order chi connectivity index (χ1) is 13.3. The van der Waals surface area contributed by atoms with Crippen LogP contribution in [0.5, 0.6) is 5.75 Å². The summed E-state index contributed by atoms with van der Waals surface area (Å²) in [6.07, 6.45) is -5.31. The van der Waals surface area contributed by atoms with Crippen molar-refractivity contribution in [3.8, 4) is 5.75 Å². The molecule has 0 aliphatic carbocycles. The Morgan fingerprint density at radius 3 is 2.43 bits per heavy atom. The maximum atomic E-state index is 13.2. The molecule has 0 unspecified atom stereocenters. The van der Waals surface area contributed by atoms with Crippen molar-refractivity contribution >= 4 is 17.3 Å². The van der Waals surface area contributed by atoms with Gasteiger partial charge in [-0.1, -0.05) is 30.3 Å². The van der Waals surface area contributed by atoms with Gasteiger partial charge in [-0.05, 0) is 48.0 Å². The van der Waals surface area contributed by atoms with Crippen molar-refractivity contribution in [2.45, 2.75) is 12.3 Å². The Labute approximate surface area is 158 Å². The van der Waals surface area contributed by atoms with E-state index in [1.54, 1.807) is 36.4 Å². The molecule has 28 heavy (non-hydrogen) atoms. The number of rotatable bonds is 2. The van der Waals surface area contributed by atoms with Crippen LogP contribution in [0.1, 0.15) is 27.7 Å². The van der Waals surface area contributed by atoms with Crippen LogP contribution in [0.3, 0.4) is 0 Å². The molecule has 1 amide bonds. The van der Waals surface area contributed by atoms with E-state index < -0.39 is 23.8 Å². The fraction of sp³-hybridized carbons (Fsp3) is 0.0952. The third-order valence-electron chi connectivity index (χ3n) is 4.56. The summed E-state index contributed by atoms with van der Waals surface area (Å²) in [6, 6.07) is 17.7. The summed E-state index contributed by atoms with van der Waals surface area (Å²) >= 11 is 0. The number of hydrogen-bond donors (Lipinski definition) is 2. The number of anilines is 2. The predicted molar refractivity (Wildman–Crippen MR) is 99.2 cm³/mol. The molecule has 4 rings (SSSR count). The van der Waals surface area contributed by atoms with Gasteiger partial charge in [0.1, 0.15) is 11.9 Å². The first-order valence-electron chi connectivity index (χ1n) is 8.50. The van der Waals surface area contributed by atoms with Crippen LogP contribution < -0.4 is 10.2 Å². The van der Waals surface area contributed by atoms with Crippen molar-refractivity contribution in [3.05, 3.63) is 89.5 Å². The summed E-state index contributed by atoms with van der Waals surface area (Å²) in [5.41, 5.74) is 0.738. The van der Waals surface area contributed by atoms with Gasteiger partial charge in [0, 0.05) is 11.4 Å². The highest BCUT2D eigenvalue weighted by Gasteiger charge is 2.36. The molecular formula is C21H15F3N2O2. The zero-order chi connectivity index (χ0) is 19.9. The van der Waals surface area contributed by atoms with Gasteiger partial charge >= 0.3 is 6.18 Å². The molecule has 0 saturated carbocycles. The van der Waals surface area contributed by atoms with Crippen molar-refractivity contribution in [1.29, 1.82) is 0 Å². The summed E-state index contributed by atoms with van der Waals surface area (Å²) in [4.78, 5) is 14.5. The number of fused-ring (bicyclic) bond motifs is 1. The normalized spacial score (nSPS) is 16.5. The second-order valence-corrected chi connectivity index (χ2v) is 6.41. The quantitative estimate of drug-likeness (QED) is 0.640. The zero-order valence-corrected chi connectivity index (χ0v) is 14.4. The molecule has 1 atom stereocenters.